The zero-order valence-corrected chi connectivity index (χ0v) is 17.3. The molecule has 1 aliphatic carbocycles. The average Bonchev–Trinajstić information content (AvgIpc) is 3.01. The fraction of sp³-hybridized carbons (Fsp3) is 0.455. The van der Waals surface area contributed by atoms with Crippen molar-refractivity contribution in [3.05, 3.63) is 47.5 Å². The quantitative estimate of drug-likeness (QED) is 0.794. The molecule has 4 rings (SSSR count). The fourth-order valence-electron chi connectivity index (χ4n) is 5.44. The molecule has 0 radical (unpaired) electrons. The summed E-state index contributed by atoms with van der Waals surface area (Å²) in [7, 11) is 1.50. The minimum atomic E-state index is -0.289. The molecule has 1 amide bonds. The topological polar surface area (TPSA) is 88.3 Å². The maximum absolute atomic E-state index is 13.0. The Morgan fingerprint density at radius 3 is 2.59 bits per heavy atom. The number of amides is 1. The van der Waals surface area contributed by atoms with Crippen LogP contribution in [0, 0.1) is 22.2 Å². The number of nitriles is 1. The molecule has 0 aromatic carbocycles. The summed E-state index contributed by atoms with van der Waals surface area (Å²) in [6, 6.07) is 7.32. The van der Waals surface area contributed by atoms with E-state index in [4.69, 9.17) is 14.7 Å². The lowest BCUT2D eigenvalue weighted by molar-refractivity contribution is -0.199. The van der Waals surface area contributed by atoms with Crippen LogP contribution < -0.4 is 9.47 Å². The molecule has 0 N–H and O–H groups in total. The second kappa shape index (κ2) is 6.45. The summed E-state index contributed by atoms with van der Waals surface area (Å²) in [6.07, 6.45) is 3.12. The monoisotopic (exact) mass is 392 g/mol. The minimum Gasteiger partial charge on any atom is -0.494 e. The molecular formula is C22H24N4O3. The maximum Gasteiger partial charge on any atom is 0.256 e. The fourth-order valence-corrected chi connectivity index (χ4v) is 5.44. The highest BCUT2D eigenvalue weighted by molar-refractivity contribution is 5.98. The number of carbonyl (C=O) groups excluding carboxylic acids is 1. The molecule has 1 fully saturated rings. The van der Waals surface area contributed by atoms with Gasteiger partial charge in [0.1, 0.15) is 17.9 Å². The van der Waals surface area contributed by atoms with Gasteiger partial charge in [-0.3, -0.25) is 9.78 Å². The summed E-state index contributed by atoms with van der Waals surface area (Å²) in [6.45, 7) is 8.99. The molecule has 7 nitrogen and oxygen atoms in total. The van der Waals surface area contributed by atoms with Gasteiger partial charge in [0.25, 0.3) is 5.91 Å². The van der Waals surface area contributed by atoms with Crippen molar-refractivity contribution < 1.29 is 14.3 Å². The van der Waals surface area contributed by atoms with Crippen molar-refractivity contribution >= 4 is 5.91 Å². The van der Waals surface area contributed by atoms with Crippen molar-refractivity contribution in [2.24, 2.45) is 10.8 Å². The van der Waals surface area contributed by atoms with Crippen molar-refractivity contribution in [3.8, 4) is 17.6 Å². The Balaban J connectivity index is 1.60. The van der Waals surface area contributed by atoms with Crippen molar-refractivity contribution in [1.29, 1.82) is 5.26 Å². The van der Waals surface area contributed by atoms with E-state index >= 15 is 0 Å². The Kier molecular flexibility index (Phi) is 4.26. The predicted molar refractivity (Wildman–Crippen MR) is 105 cm³/mol. The van der Waals surface area contributed by atoms with E-state index in [1.807, 2.05) is 17.0 Å². The first-order valence-electron chi connectivity index (χ1n) is 9.57. The van der Waals surface area contributed by atoms with Gasteiger partial charge in [-0.1, -0.05) is 27.7 Å². The number of methoxy groups -OCH3 is 1. The zero-order valence-electron chi connectivity index (χ0n) is 17.3. The van der Waals surface area contributed by atoms with Crippen LogP contribution >= 0.6 is 0 Å². The Bertz CT molecular complexity index is 1010. The Labute approximate surface area is 170 Å². The van der Waals surface area contributed by atoms with Gasteiger partial charge in [0.05, 0.1) is 31.1 Å². The smallest absolute Gasteiger partial charge is 0.256 e. The van der Waals surface area contributed by atoms with Gasteiger partial charge in [-0.2, -0.15) is 5.26 Å². The molecule has 2 aromatic rings. The molecular weight excluding hydrogens is 368 g/mol. The highest BCUT2D eigenvalue weighted by Crippen LogP contribution is 2.59. The van der Waals surface area contributed by atoms with Gasteiger partial charge in [-0.25, -0.2) is 4.98 Å². The summed E-state index contributed by atoms with van der Waals surface area (Å²) >= 11 is 0. The Morgan fingerprint density at radius 2 is 1.97 bits per heavy atom. The molecule has 3 heterocycles. The van der Waals surface area contributed by atoms with Crippen LogP contribution in [0.25, 0.3) is 0 Å². The first-order chi connectivity index (χ1) is 13.7. The van der Waals surface area contributed by atoms with Crippen LogP contribution in [0.5, 0.6) is 11.5 Å². The first kappa shape index (κ1) is 19.2. The lowest BCUT2D eigenvalue weighted by atomic mass is 9.49. The van der Waals surface area contributed by atoms with Crippen molar-refractivity contribution in [2.75, 3.05) is 7.11 Å². The van der Waals surface area contributed by atoms with Gasteiger partial charge in [-0.15, -0.1) is 0 Å². The Morgan fingerprint density at radius 1 is 1.24 bits per heavy atom. The molecule has 2 aliphatic rings. The number of carbonyl (C=O) groups is 1. The standard InChI is InChI=1S/C22H24N4O3/c1-21(2)19(26-12-16-14(18(26)27)7-6-8-24-16)22(3,4)20(21)29-13-9-17(28-5)15(10-23)25-11-13/h6-9,11,19-20H,12H2,1-5H3. The van der Waals surface area contributed by atoms with E-state index in [0.717, 1.165) is 5.69 Å². The summed E-state index contributed by atoms with van der Waals surface area (Å²) in [5.74, 6) is 0.954. The molecule has 1 aliphatic heterocycles. The number of rotatable bonds is 4. The molecule has 0 unspecified atom stereocenters. The molecule has 0 bridgehead atoms. The van der Waals surface area contributed by atoms with Gasteiger partial charge in [0.15, 0.2) is 11.4 Å². The minimum absolute atomic E-state index is 0.00469. The van der Waals surface area contributed by atoms with Gasteiger partial charge >= 0.3 is 0 Å². The molecule has 150 valence electrons. The molecule has 0 spiro atoms. The van der Waals surface area contributed by atoms with Crippen LogP contribution in [0.2, 0.25) is 0 Å². The molecule has 0 saturated heterocycles. The van der Waals surface area contributed by atoms with Crippen molar-refractivity contribution in [3.63, 3.8) is 0 Å². The summed E-state index contributed by atoms with van der Waals surface area (Å²) < 4.78 is 11.6. The second-order valence-corrected chi connectivity index (χ2v) is 8.81. The van der Waals surface area contributed by atoms with E-state index in [0.29, 0.717) is 23.6 Å². The van der Waals surface area contributed by atoms with Crippen LogP contribution in [0.3, 0.4) is 0 Å². The number of fused-ring (bicyclic) bond motifs is 1. The third-order valence-electron chi connectivity index (χ3n) is 6.18. The third-order valence-corrected chi connectivity index (χ3v) is 6.18. The predicted octanol–water partition coefficient (Wildman–Crippen LogP) is 3.19. The van der Waals surface area contributed by atoms with Gasteiger partial charge in [0.2, 0.25) is 0 Å². The van der Waals surface area contributed by atoms with E-state index in [1.54, 1.807) is 24.5 Å². The molecule has 7 heteroatoms. The molecule has 1 saturated carbocycles. The van der Waals surface area contributed by atoms with E-state index in [9.17, 15) is 4.79 Å². The number of hydrogen-bond acceptors (Lipinski definition) is 6. The summed E-state index contributed by atoms with van der Waals surface area (Å²) in [5, 5.41) is 9.13. The van der Waals surface area contributed by atoms with Gasteiger partial charge < -0.3 is 14.4 Å². The first-order valence-corrected chi connectivity index (χ1v) is 9.57. The molecule has 0 atom stereocenters. The van der Waals surface area contributed by atoms with E-state index in [1.165, 1.54) is 7.11 Å². The van der Waals surface area contributed by atoms with Crippen molar-refractivity contribution in [1.82, 2.24) is 14.9 Å². The number of aromatic nitrogens is 2. The van der Waals surface area contributed by atoms with Crippen LogP contribution in [-0.4, -0.2) is 40.0 Å². The van der Waals surface area contributed by atoms with Gasteiger partial charge in [0, 0.05) is 29.1 Å². The number of nitrogens with zero attached hydrogens (tertiary/aromatic N) is 4. The van der Waals surface area contributed by atoms with E-state index in [2.05, 4.69) is 37.7 Å². The number of ether oxygens (including phenoxy) is 2. The molecule has 2 aromatic heterocycles. The van der Waals surface area contributed by atoms with Crippen molar-refractivity contribution in [2.45, 2.75) is 46.4 Å². The average molecular weight is 392 g/mol. The molecule has 29 heavy (non-hydrogen) atoms. The zero-order chi connectivity index (χ0) is 21.0. The SMILES string of the molecule is COc1cc(OC2C(C)(C)C(N3Cc4ncccc4C3=O)C2(C)C)cnc1C#N. The van der Waals surface area contributed by atoms with Gasteiger partial charge in [-0.05, 0) is 12.1 Å². The highest BCUT2D eigenvalue weighted by atomic mass is 16.5. The third kappa shape index (κ3) is 2.74. The summed E-state index contributed by atoms with van der Waals surface area (Å²) in [5.41, 5.74) is 1.15. The largest absolute Gasteiger partial charge is 0.494 e. The van der Waals surface area contributed by atoms with E-state index < -0.39 is 0 Å². The second-order valence-electron chi connectivity index (χ2n) is 8.81. The highest BCUT2D eigenvalue weighted by Gasteiger charge is 2.67. The van der Waals surface area contributed by atoms with E-state index in [-0.39, 0.29) is 34.6 Å². The van der Waals surface area contributed by atoms with Crippen LogP contribution in [0.4, 0.5) is 0 Å². The Hall–Kier alpha value is -3.14. The lowest BCUT2D eigenvalue weighted by Crippen LogP contribution is -2.74. The normalized spacial score (nSPS) is 23.7. The summed E-state index contributed by atoms with van der Waals surface area (Å²) in [4.78, 5) is 23.4. The van der Waals surface area contributed by atoms with Crippen LogP contribution in [0.1, 0.15) is 49.4 Å². The van der Waals surface area contributed by atoms with Crippen LogP contribution in [0.15, 0.2) is 30.6 Å². The maximum atomic E-state index is 13.0. The number of hydrogen-bond donors (Lipinski definition) is 0. The lowest BCUT2D eigenvalue weighted by Gasteiger charge is -2.65. The number of pyridine rings is 2. The van der Waals surface area contributed by atoms with Crippen LogP contribution in [-0.2, 0) is 6.54 Å².